The first kappa shape index (κ1) is 12.7. The molecule has 1 heterocycles. The van der Waals surface area contributed by atoms with Crippen molar-refractivity contribution < 1.29 is 19.5 Å². The second-order valence-electron chi connectivity index (χ2n) is 3.35. The number of aliphatic carboxylic acids is 1. The largest absolute Gasteiger partial charge is 0.480 e. The predicted octanol–water partition coefficient (Wildman–Crippen LogP) is 0.0472. The van der Waals surface area contributed by atoms with Gasteiger partial charge in [0.05, 0.1) is 6.04 Å². The van der Waals surface area contributed by atoms with E-state index in [9.17, 15) is 14.5 Å². The van der Waals surface area contributed by atoms with Crippen LogP contribution in [0.25, 0.3) is 10.4 Å². The lowest BCUT2D eigenvalue weighted by Gasteiger charge is -2.46. The lowest BCUT2D eigenvalue weighted by molar-refractivity contribution is -0.166. The molecule has 0 aromatic carbocycles. The summed E-state index contributed by atoms with van der Waals surface area (Å²) in [4.78, 5) is 39.7. The highest BCUT2D eigenvalue weighted by atomic mass is 16.7. The van der Waals surface area contributed by atoms with Crippen molar-refractivity contribution in [1.29, 1.82) is 0 Å². The van der Waals surface area contributed by atoms with Crippen molar-refractivity contribution in [3.63, 3.8) is 0 Å². The molecule has 1 fully saturated rings. The molecule has 0 aliphatic carbocycles. The van der Waals surface area contributed by atoms with Gasteiger partial charge >= 0.3 is 5.97 Å². The van der Waals surface area contributed by atoms with Crippen LogP contribution in [0.3, 0.4) is 0 Å². The van der Waals surface area contributed by atoms with Crippen LogP contribution in [0.2, 0.25) is 0 Å². The fourth-order valence-corrected chi connectivity index (χ4v) is 1.61. The maximum Gasteiger partial charge on any atom is 0.326 e. The summed E-state index contributed by atoms with van der Waals surface area (Å²) in [5.41, 5.74) is 8.24. The Bertz CT molecular complexity index is 392. The van der Waals surface area contributed by atoms with E-state index in [2.05, 4.69) is 20.2 Å². The topological polar surface area (TPSA) is 145 Å². The highest BCUT2D eigenvalue weighted by molar-refractivity contribution is 5.93. The number of nitrogens with zero attached hydrogens (tertiary/aromatic N) is 5. The van der Waals surface area contributed by atoms with Crippen molar-refractivity contribution >= 4 is 11.9 Å². The number of carbonyl (C=O) groups excluding carboxylic acids is 1. The lowest BCUT2D eigenvalue weighted by Crippen LogP contribution is -2.69. The van der Waals surface area contributed by atoms with Crippen LogP contribution in [0, 0.1) is 4.91 Å². The third-order valence-electron chi connectivity index (χ3n) is 2.48. The van der Waals surface area contributed by atoms with Crippen molar-refractivity contribution in [3.8, 4) is 0 Å². The third-order valence-corrected chi connectivity index (χ3v) is 2.48. The summed E-state index contributed by atoms with van der Waals surface area (Å²) in [7, 11) is 0. The number of azide groups is 1. The Labute approximate surface area is 94.7 Å². The van der Waals surface area contributed by atoms with Crippen LogP contribution < -0.4 is 0 Å². The maximum atomic E-state index is 11.5. The molecule has 1 saturated heterocycles. The number of likely N-dealkylation sites (tertiary alicyclic amines) is 1. The van der Waals surface area contributed by atoms with Gasteiger partial charge in [-0.3, -0.25) is 4.79 Å². The molecule has 1 aliphatic rings. The molecule has 3 atom stereocenters. The van der Waals surface area contributed by atoms with Crippen LogP contribution in [0.15, 0.2) is 10.5 Å². The molecule has 1 rings (SSSR count). The molecule has 10 heteroatoms. The van der Waals surface area contributed by atoms with E-state index in [1.165, 1.54) is 6.92 Å². The SMILES string of the molecule is CC(C(=O)O)N1C(=O)[C@@H](N=[N+]=[N-])[C@H]1CON=O. The van der Waals surface area contributed by atoms with Gasteiger partial charge in [-0.2, -0.15) is 0 Å². The zero-order valence-corrected chi connectivity index (χ0v) is 8.76. The minimum Gasteiger partial charge on any atom is -0.480 e. The molecule has 0 saturated carbocycles. The monoisotopic (exact) mass is 243 g/mol. The van der Waals surface area contributed by atoms with E-state index in [0.29, 0.717) is 0 Å². The lowest BCUT2D eigenvalue weighted by atomic mass is 9.94. The summed E-state index contributed by atoms with van der Waals surface area (Å²) in [5, 5.41) is 14.1. The summed E-state index contributed by atoms with van der Waals surface area (Å²) in [6.45, 7) is 0.991. The number of carbonyl (C=O) groups is 2. The van der Waals surface area contributed by atoms with Crippen LogP contribution in [-0.2, 0) is 14.4 Å². The van der Waals surface area contributed by atoms with Crippen LogP contribution in [0.4, 0.5) is 0 Å². The van der Waals surface area contributed by atoms with Crippen LogP contribution in [0.1, 0.15) is 6.92 Å². The van der Waals surface area contributed by atoms with E-state index in [1.54, 1.807) is 0 Å². The number of carboxylic acids is 1. The third kappa shape index (κ3) is 2.26. The van der Waals surface area contributed by atoms with Crippen molar-refractivity contribution in [1.82, 2.24) is 4.90 Å². The first-order valence-electron chi connectivity index (χ1n) is 4.58. The molecule has 1 unspecified atom stereocenters. The molecule has 0 aromatic rings. The number of amides is 1. The molecule has 0 aromatic heterocycles. The van der Waals surface area contributed by atoms with Crippen LogP contribution in [-0.4, -0.2) is 46.6 Å². The zero-order chi connectivity index (χ0) is 13.0. The number of hydrogen-bond acceptors (Lipinski definition) is 6. The van der Waals surface area contributed by atoms with E-state index >= 15 is 0 Å². The Balaban J connectivity index is 2.82. The number of hydrogen-bond donors (Lipinski definition) is 1. The molecule has 0 bridgehead atoms. The average molecular weight is 243 g/mol. The molecule has 92 valence electrons. The fraction of sp³-hybridized carbons (Fsp3) is 0.714. The van der Waals surface area contributed by atoms with Gasteiger partial charge in [0.15, 0.2) is 5.34 Å². The van der Waals surface area contributed by atoms with Crippen molar-refractivity contribution in [2.24, 2.45) is 10.5 Å². The summed E-state index contributed by atoms with van der Waals surface area (Å²) in [6, 6.07) is -2.93. The van der Waals surface area contributed by atoms with Gasteiger partial charge in [-0.05, 0) is 12.5 Å². The molecule has 1 amide bonds. The first-order valence-corrected chi connectivity index (χ1v) is 4.58. The zero-order valence-electron chi connectivity index (χ0n) is 8.76. The second kappa shape index (κ2) is 5.12. The minimum absolute atomic E-state index is 0.309. The van der Waals surface area contributed by atoms with Gasteiger partial charge in [-0.15, -0.1) is 4.91 Å². The summed E-state index contributed by atoms with van der Waals surface area (Å²) in [6.07, 6.45) is 0. The van der Waals surface area contributed by atoms with E-state index in [0.717, 1.165) is 4.90 Å². The van der Waals surface area contributed by atoms with Crippen molar-refractivity contribution in [3.05, 3.63) is 15.3 Å². The van der Waals surface area contributed by atoms with E-state index in [1.807, 2.05) is 0 Å². The summed E-state index contributed by atoms with van der Waals surface area (Å²) >= 11 is 0. The normalized spacial score (nSPS) is 24.3. The number of rotatable bonds is 6. The Kier molecular flexibility index (Phi) is 3.83. The highest BCUT2D eigenvalue weighted by Gasteiger charge is 2.51. The van der Waals surface area contributed by atoms with Crippen LogP contribution in [0.5, 0.6) is 0 Å². The maximum absolute atomic E-state index is 11.5. The van der Waals surface area contributed by atoms with Gasteiger partial charge in [0, 0.05) is 4.91 Å². The Morgan fingerprint density at radius 2 is 2.41 bits per heavy atom. The standard InChI is InChI=1S/C7H9N5O5/c1-3(7(14)15)12-4(2-17-11-16)5(6(12)13)9-10-8/h3-5H,2H2,1H3,(H,14,15)/t3?,4-,5+/m1/s1. The Hall–Kier alpha value is -2.35. The molecule has 1 N–H and O–H groups in total. The van der Waals surface area contributed by atoms with Gasteiger partial charge in [-0.1, -0.05) is 5.11 Å². The molecule has 1 aliphatic heterocycles. The molecule has 0 spiro atoms. The minimum atomic E-state index is -1.21. The van der Waals surface area contributed by atoms with E-state index < -0.39 is 30.0 Å². The quantitative estimate of drug-likeness (QED) is 0.175. The molecule has 17 heavy (non-hydrogen) atoms. The molecular formula is C7H9N5O5. The average Bonchev–Trinajstić information content (AvgIpc) is 2.30. The highest BCUT2D eigenvalue weighted by Crippen LogP contribution is 2.26. The first-order chi connectivity index (χ1) is 8.04. The van der Waals surface area contributed by atoms with Gasteiger partial charge in [-0.25, -0.2) is 4.79 Å². The summed E-state index contributed by atoms with van der Waals surface area (Å²) in [5.74, 6) is -1.82. The Morgan fingerprint density at radius 1 is 1.76 bits per heavy atom. The molecule has 10 nitrogen and oxygen atoms in total. The molecule has 0 radical (unpaired) electrons. The number of carboxylic acid groups (broad SMARTS) is 1. The smallest absolute Gasteiger partial charge is 0.326 e. The van der Waals surface area contributed by atoms with Gasteiger partial charge in [0.1, 0.15) is 18.7 Å². The van der Waals surface area contributed by atoms with Gasteiger partial charge in [0.2, 0.25) is 5.91 Å². The van der Waals surface area contributed by atoms with Crippen LogP contribution >= 0.6 is 0 Å². The fourth-order valence-electron chi connectivity index (χ4n) is 1.61. The van der Waals surface area contributed by atoms with Gasteiger partial charge < -0.3 is 14.8 Å². The van der Waals surface area contributed by atoms with E-state index in [4.69, 9.17) is 10.6 Å². The van der Waals surface area contributed by atoms with Crippen molar-refractivity contribution in [2.45, 2.75) is 25.0 Å². The van der Waals surface area contributed by atoms with Crippen molar-refractivity contribution in [2.75, 3.05) is 6.61 Å². The molecular weight excluding hydrogens is 234 g/mol. The second-order valence-corrected chi connectivity index (χ2v) is 3.35. The van der Waals surface area contributed by atoms with E-state index in [-0.39, 0.29) is 6.61 Å². The number of β-lactam (4-membered cyclic amide) rings is 1. The predicted molar refractivity (Wildman–Crippen MR) is 52.4 cm³/mol. The summed E-state index contributed by atoms with van der Waals surface area (Å²) < 4.78 is 0. The Morgan fingerprint density at radius 3 is 2.88 bits per heavy atom. The van der Waals surface area contributed by atoms with Gasteiger partial charge in [0.25, 0.3) is 0 Å².